The summed E-state index contributed by atoms with van der Waals surface area (Å²) in [4.78, 5) is 29.4. The van der Waals surface area contributed by atoms with Gasteiger partial charge in [0.2, 0.25) is 11.8 Å². The van der Waals surface area contributed by atoms with E-state index in [1.807, 2.05) is 56.3 Å². The molecule has 1 N–H and O–H groups in total. The predicted molar refractivity (Wildman–Crippen MR) is 170 cm³/mol. The largest absolute Gasteiger partial charge is 0.354 e. The summed E-state index contributed by atoms with van der Waals surface area (Å²) < 4.78 is 29.4. The van der Waals surface area contributed by atoms with Crippen molar-refractivity contribution in [3.05, 3.63) is 99.0 Å². The third-order valence-corrected chi connectivity index (χ3v) is 9.22. The molecule has 0 aliphatic rings. The van der Waals surface area contributed by atoms with Gasteiger partial charge in [-0.2, -0.15) is 12.7 Å². The third-order valence-electron chi connectivity index (χ3n) is 6.83. The Bertz CT molecular complexity index is 1500. The lowest BCUT2D eigenvalue weighted by atomic mass is 10.0. The first-order valence-electron chi connectivity index (χ1n) is 13.7. The summed E-state index contributed by atoms with van der Waals surface area (Å²) in [6, 6.07) is 18.8. The molecular weight excluding hydrogens is 595 g/mol. The highest BCUT2D eigenvalue weighted by atomic mass is 35.5. The number of aryl methyl sites for hydroxylation is 2. The number of rotatable bonds is 13. The first kappa shape index (κ1) is 33.4. The smallest absolute Gasteiger partial charge is 0.304 e. The Kier molecular flexibility index (Phi) is 11.8. The normalized spacial score (nSPS) is 12.2. The number of carbonyl (C=O) groups is 2. The van der Waals surface area contributed by atoms with Crippen LogP contribution < -0.4 is 9.62 Å². The Hall–Kier alpha value is -3.11. The number of halogens is 2. The monoisotopic (exact) mass is 632 g/mol. The van der Waals surface area contributed by atoms with Gasteiger partial charge in [-0.05, 0) is 60.7 Å². The van der Waals surface area contributed by atoms with Crippen molar-refractivity contribution >= 4 is 50.9 Å². The third kappa shape index (κ3) is 8.47. The van der Waals surface area contributed by atoms with Crippen molar-refractivity contribution in [1.29, 1.82) is 0 Å². The van der Waals surface area contributed by atoms with Crippen molar-refractivity contribution in [2.75, 3.05) is 31.5 Å². The SMILES string of the molecule is CCCNC(=O)[C@H](Cc1ccccc1)N(Cc1ccc(Cl)cc1Cl)C(=O)CN(c1cc(C)ccc1C)S(=O)(=O)N(C)C. The van der Waals surface area contributed by atoms with Gasteiger partial charge in [0.15, 0.2) is 0 Å². The number of benzene rings is 3. The Labute approximate surface area is 259 Å². The van der Waals surface area contributed by atoms with E-state index in [9.17, 15) is 18.0 Å². The van der Waals surface area contributed by atoms with Crippen molar-refractivity contribution in [2.45, 2.75) is 46.2 Å². The minimum Gasteiger partial charge on any atom is -0.354 e. The van der Waals surface area contributed by atoms with Crippen LogP contribution in [0.1, 0.15) is 35.6 Å². The number of carbonyl (C=O) groups excluding carboxylic acids is 2. The highest BCUT2D eigenvalue weighted by Gasteiger charge is 2.35. The van der Waals surface area contributed by atoms with Crippen LogP contribution in [-0.2, 0) is 32.8 Å². The number of nitrogens with one attached hydrogen (secondary N) is 1. The molecule has 1 atom stereocenters. The van der Waals surface area contributed by atoms with Crippen LogP contribution in [0, 0.1) is 13.8 Å². The molecule has 3 aromatic rings. The molecule has 0 aromatic heterocycles. The lowest BCUT2D eigenvalue weighted by Crippen LogP contribution is -2.54. The molecule has 0 radical (unpaired) electrons. The standard InChI is InChI=1S/C31H38Cl2N4O4S/c1-6-16-34-31(39)29(18-24-10-8-7-9-11-24)36(20-25-14-15-26(32)19-27(25)33)30(38)21-37(42(40,41)35(4)5)28-17-22(2)12-13-23(28)3/h7-15,17,19,29H,6,16,18,20-21H2,1-5H3,(H,34,39)/t29-/m0/s1. The van der Waals surface area contributed by atoms with Crippen LogP contribution in [0.3, 0.4) is 0 Å². The maximum atomic E-state index is 14.3. The lowest BCUT2D eigenvalue weighted by Gasteiger charge is -2.35. The van der Waals surface area contributed by atoms with Crippen LogP contribution in [0.15, 0.2) is 66.7 Å². The van der Waals surface area contributed by atoms with Crippen LogP contribution in [0.5, 0.6) is 0 Å². The second-order valence-corrected chi connectivity index (χ2v) is 13.3. The van der Waals surface area contributed by atoms with E-state index in [2.05, 4.69) is 5.32 Å². The fourth-order valence-corrected chi connectivity index (χ4v) is 6.02. The van der Waals surface area contributed by atoms with Crippen LogP contribution in [0.2, 0.25) is 10.0 Å². The van der Waals surface area contributed by atoms with Crippen molar-refractivity contribution in [3.8, 4) is 0 Å². The molecule has 42 heavy (non-hydrogen) atoms. The predicted octanol–water partition coefficient (Wildman–Crippen LogP) is 5.39. The van der Waals surface area contributed by atoms with Crippen molar-refractivity contribution in [1.82, 2.24) is 14.5 Å². The molecule has 3 aromatic carbocycles. The summed E-state index contributed by atoms with van der Waals surface area (Å²) in [6.07, 6.45) is 0.930. The fraction of sp³-hybridized carbons (Fsp3) is 0.355. The number of anilines is 1. The maximum absolute atomic E-state index is 14.3. The van der Waals surface area contributed by atoms with Gasteiger partial charge < -0.3 is 10.2 Å². The molecule has 0 aliphatic carbocycles. The topological polar surface area (TPSA) is 90.0 Å². The molecule has 0 saturated carbocycles. The maximum Gasteiger partial charge on any atom is 0.304 e. The van der Waals surface area contributed by atoms with Crippen LogP contribution >= 0.6 is 23.2 Å². The average Bonchev–Trinajstić information content (AvgIpc) is 2.95. The quantitative estimate of drug-likeness (QED) is 0.274. The Morgan fingerprint density at radius 1 is 0.952 bits per heavy atom. The van der Waals surface area contributed by atoms with Gasteiger partial charge in [0.1, 0.15) is 12.6 Å². The second kappa shape index (κ2) is 14.9. The zero-order valence-corrected chi connectivity index (χ0v) is 26.9. The minimum atomic E-state index is -4.09. The van der Waals surface area contributed by atoms with E-state index in [0.29, 0.717) is 39.8 Å². The summed E-state index contributed by atoms with van der Waals surface area (Å²) in [7, 11) is -1.26. The summed E-state index contributed by atoms with van der Waals surface area (Å²) in [6.45, 7) is 5.46. The minimum absolute atomic E-state index is 0.0332. The fourth-order valence-electron chi connectivity index (χ4n) is 4.44. The second-order valence-electron chi connectivity index (χ2n) is 10.3. The van der Waals surface area contributed by atoms with Crippen LogP contribution in [0.25, 0.3) is 0 Å². The average molecular weight is 634 g/mol. The molecule has 0 bridgehead atoms. The van der Waals surface area contributed by atoms with Crippen LogP contribution in [0.4, 0.5) is 5.69 Å². The van der Waals surface area contributed by atoms with E-state index >= 15 is 0 Å². The zero-order chi connectivity index (χ0) is 31.0. The van der Waals surface area contributed by atoms with E-state index in [4.69, 9.17) is 23.2 Å². The Morgan fingerprint density at radius 2 is 1.64 bits per heavy atom. The molecular formula is C31H38Cl2N4O4S. The number of hydrogen-bond donors (Lipinski definition) is 1. The van der Waals surface area contributed by atoms with Gasteiger partial charge in [-0.1, -0.05) is 78.7 Å². The molecule has 2 amide bonds. The molecule has 0 fully saturated rings. The van der Waals surface area contributed by atoms with Gasteiger partial charge >= 0.3 is 10.2 Å². The van der Waals surface area contributed by atoms with Gasteiger partial charge in [-0.15, -0.1) is 0 Å². The highest BCUT2D eigenvalue weighted by Crippen LogP contribution is 2.28. The molecule has 0 aliphatic heterocycles. The zero-order valence-electron chi connectivity index (χ0n) is 24.6. The molecule has 3 rings (SSSR count). The molecule has 11 heteroatoms. The van der Waals surface area contributed by atoms with Gasteiger partial charge in [-0.3, -0.25) is 9.59 Å². The summed E-state index contributed by atoms with van der Waals surface area (Å²) in [5, 5.41) is 3.69. The van der Waals surface area contributed by atoms with Gasteiger partial charge in [-0.25, -0.2) is 4.31 Å². The number of hydrogen-bond acceptors (Lipinski definition) is 4. The van der Waals surface area contributed by atoms with E-state index in [1.54, 1.807) is 31.2 Å². The van der Waals surface area contributed by atoms with E-state index in [-0.39, 0.29) is 18.9 Å². The molecule has 0 unspecified atom stereocenters. The van der Waals surface area contributed by atoms with E-state index in [0.717, 1.165) is 19.7 Å². The number of amides is 2. The van der Waals surface area contributed by atoms with E-state index < -0.39 is 28.7 Å². The molecule has 8 nitrogen and oxygen atoms in total. The number of nitrogens with zero attached hydrogens (tertiary/aromatic N) is 3. The molecule has 0 saturated heterocycles. The first-order chi connectivity index (χ1) is 19.8. The summed E-state index contributed by atoms with van der Waals surface area (Å²) in [5.74, 6) is -0.896. The van der Waals surface area contributed by atoms with Crippen molar-refractivity contribution in [3.63, 3.8) is 0 Å². The van der Waals surface area contributed by atoms with E-state index in [1.165, 1.54) is 19.0 Å². The summed E-state index contributed by atoms with van der Waals surface area (Å²) in [5.41, 5.74) is 3.34. The lowest BCUT2D eigenvalue weighted by molar-refractivity contribution is -0.140. The van der Waals surface area contributed by atoms with Crippen molar-refractivity contribution in [2.24, 2.45) is 0 Å². The molecule has 0 spiro atoms. The summed E-state index contributed by atoms with van der Waals surface area (Å²) >= 11 is 12.7. The Balaban J connectivity index is 2.14. The van der Waals surface area contributed by atoms with Crippen molar-refractivity contribution < 1.29 is 18.0 Å². The molecule has 0 heterocycles. The first-order valence-corrected chi connectivity index (χ1v) is 15.8. The highest BCUT2D eigenvalue weighted by molar-refractivity contribution is 7.90. The van der Waals surface area contributed by atoms with Crippen LogP contribution in [-0.4, -0.2) is 62.7 Å². The van der Waals surface area contributed by atoms with Gasteiger partial charge in [0.25, 0.3) is 0 Å². The molecule has 226 valence electrons. The van der Waals surface area contributed by atoms with Gasteiger partial charge in [0, 0.05) is 43.7 Å². The van der Waals surface area contributed by atoms with Gasteiger partial charge in [0.05, 0.1) is 5.69 Å². The Morgan fingerprint density at radius 3 is 2.26 bits per heavy atom.